The maximum absolute atomic E-state index is 13.1. The third-order valence-corrected chi connectivity index (χ3v) is 12.5. The first-order chi connectivity index (χ1) is 28.8. The van der Waals surface area contributed by atoms with E-state index in [1.807, 2.05) is 0 Å². The van der Waals surface area contributed by atoms with Crippen LogP contribution in [-0.2, 0) is 28.6 Å². The van der Waals surface area contributed by atoms with Crippen molar-refractivity contribution in [1.82, 2.24) is 4.90 Å². The lowest BCUT2D eigenvalue weighted by atomic mass is 9.92. The maximum atomic E-state index is 13.1. The van der Waals surface area contributed by atoms with E-state index in [4.69, 9.17) is 14.2 Å². The average molecular weight is 836 g/mol. The number of carbonyl (C=O) groups excluding carboxylic acids is 3. The number of esters is 3. The highest BCUT2D eigenvalue weighted by molar-refractivity contribution is 5.72. The molecule has 0 rings (SSSR count). The van der Waals surface area contributed by atoms with Gasteiger partial charge in [-0.15, -0.1) is 0 Å². The lowest BCUT2D eigenvalue weighted by molar-refractivity contribution is -0.149. The van der Waals surface area contributed by atoms with E-state index < -0.39 is 0 Å². The van der Waals surface area contributed by atoms with Crippen LogP contribution in [0.4, 0.5) is 0 Å². The molecule has 0 N–H and O–H groups in total. The van der Waals surface area contributed by atoms with E-state index in [-0.39, 0.29) is 23.8 Å². The Balaban J connectivity index is 4.32. The molecular formula is C52H101NO6. The van der Waals surface area contributed by atoms with Crippen molar-refractivity contribution in [3.8, 4) is 0 Å². The van der Waals surface area contributed by atoms with Crippen LogP contribution >= 0.6 is 0 Å². The zero-order valence-electron chi connectivity index (χ0n) is 40.4. The number of rotatable bonds is 46. The van der Waals surface area contributed by atoms with Gasteiger partial charge in [0, 0.05) is 19.4 Å². The van der Waals surface area contributed by atoms with Gasteiger partial charge in [0.05, 0.1) is 25.7 Å². The molecule has 0 fully saturated rings. The molecule has 0 saturated heterocycles. The second kappa shape index (κ2) is 44.4. The number of unbranched alkanes of at least 4 members (excludes halogenated alkanes) is 20. The number of carbonyl (C=O) groups is 3. The van der Waals surface area contributed by atoms with Gasteiger partial charge in [0.1, 0.15) is 0 Å². The van der Waals surface area contributed by atoms with Crippen LogP contribution in [0.1, 0.15) is 259 Å². The zero-order valence-corrected chi connectivity index (χ0v) is 40.4. The molecule has 7 heteroatoms. The summed E-state index contributed by atoms with van der Waals surface area (Å²) < 4.78 is 17.1. The molecular weight excluding hydrogens is 735 g/mol. The largest absolute Gasteiger partial charge is 0.466 e. The van der Waals surface area contributed by atoms with Crippen molar-refractivity contribution in [3.63, 3.8) is 0 Å². The summed E-state index contributed by atoms with van der Waals surface area (Å²) in [5.41, 5.74) is 0. The second-order valence-corrected chi connectivity index (χ2v) is 18.2. The number of ether oxygens (including phenoxy) is 3. The van der Waals surface area contributed by atoms with Gasteiger partial charge in [-0.05, 0) is 83.2 Å². The van der Waals surface area contributed by atoms with Gasteiger partial charge in [-0.1, -0.05) is 189 Å². The number of hydrogen-bond donors (Lipinski definition) is 0. The van der Waals surface area contributed by atoms with Crippen molar-refractivity contribution in [1.29, 1.82) is 0 Å². The van der Waals surface area contributed by atoms with Gasteiger partial charge < -0.3 is 19.1 Å². The fourth-order valence-electron chi connectivity index (χ4n) is 8.31. The van der Waals surface area contributed by atoms with Crippen molar-refractivity contribution in [2.45, 2.75) is 259 Å². The van der Waals surface area contributed by atoms with Gasteiger partial charge in [0.15, 0.2) is 0 Å². The molecule has 0 aliphatic heterocycles. The van der Waals surface area contributed by atoms with Crippen LogP contribution in [0.5, 0.6) is 0 Å². The average Bonchev–Trinajstić information content (AvgIpc) is 3.22. The van der Waals surface area contributed by atoms with E-state index in [0.29, 0.717) is 44.5 Å². The van der Waals surface area contributed by atoms with Crippen molar-refractivity contribution < 1.29 is 28.6 Å². The Morgan fingerprint density at radius 3 is 1.07 bits per heavy atom. The standard InChI is InChI=1S/C52H101NO6/c1-7-12-26-35-47(36-27-13-8-2)45-50(54)57-42-32-24-20-16-18-22-30-39-49(52(56)59-44-34-41-53(6)11-5)40-31-23-19-17-21-25-33-43-58-51(55)46-48(37-28-14-9-3)38-29-15-10-4/h47-49H,7-46H2,1-6H3. The summed E-state index contributed by atoms with van der Waals surface area (Å²) >= 11 is 0. The molecule has 0 spiro atoms. The number of hydrogen-bond acceptors (Lipinski definition) is 7. The van der Waals surface area contributed by atoms with Crippen molar-refractivity contribution in [2.75, 3.05) is 40.0 Å². The molecule has 59 heavy (non-hydrogen) atoms. The highest BCUT2D eigenvalue weighted by atomic mass is 16.5. The Morgan fingerprint density at radius 1 is 0.390 bits per heavy atom. The molecule has 0 aromatic rings. The number of nitrogens with zero attached hydrogens (tertiary/aromatic N) is 1. The summed E-state index contributed by atoms with van der Waals surface area (Å²) in [6.07, 6.45) is 39.2. The molecule has 0 bridgehead atoms. The Bertz CT molecular complexity index is 849. The predicted octanol–water partition coefficient (Wildman–Crippen LogP) is 15.1. The van der Waals surface area contributed by atoms with E-state index in [9.17, 15) is 14.4 Å². The lowest BCUT2D eigenvalue weighted by Gasteiger charge is -2.17. The van der Waals surface area contributed by atoms with Gasteiger partial charge in [0.25, 0.3) is 0 Å². The summed E-state index contributed by atoms with van der Waals surface area (Å²) in [7, 11) is 2.11. The first-order valence-electron chi connectivity index (χ1n) is 26.0. The van der Waals surface area contributed by atoms with Crippen LogP contribution in [0.2, 0.25) is 0 Å². The summed E-state index contributed by atoms with van der Waals surface area (Å²) in [5.74, 6) is 1.01. The van der Waals surface area contributed by atoms with Gasteiger partial charge in [-0.25, -0.2) is 0 Å². The topological polar surface area (TPSA) is 82.1 Å². The smallest absolute Gasteiger partial charge is 0.308 e. The van der Waals surface area contributed by atoms with Crippen LogP contribution in [-0.4, -0.2) is 62.8 Å². The SMILES string of the molecule is CCCCCC(CCCCC)CC(=O)OCCCCCCCCCC(CCCCCCCCCOC(=O)CC(CCCCC)CCCCC)C(=O)OCCCN(C)CC. The zero-order chi connectivity index (χ0) is 43.4. The minimum atomic E-state index is 0.00463. The summed E-state index contributed by atoms with van der Waals surface area (Å²) in [4.78, 5) is 40.4. The summed E-state index contributed by atoms with van der Waals surface area (Å²) in [5, 5.41) is 0. The highest BCUT2D eigenvalue weighted by Gasteiger charge is 2.20. The highest BCUT2D eigenvalue weighted by Crippen LogP contribution is 2.24. The van der Waals surface area contributed by atoms with E-state index in [0.717, 1.165) is 109 Å². The third-order valence-electron chi connectivity index (χ3n) is 12.5. The first kappa shape index (κ1) is 57.4. The molecule has 7 nitrogen and oxygen atoms in total. The van der Waals surface area contributed by atoms with Crippen LogP contribution < -0.4 is 0 Å². The molecule has 0 atom stereocenters. The Hall–Kier alpha value is -1.63. The minimum Gasteiger partial charge on any atom is -0.466 e. The van der Waals surface area contributed by atoms with Crippen LogP contribution in [0, 0.1) is 17.8 Å². The molecule has 0 aliphatic rings. The molecule has 0 amide bonds. The van der Waals surface area contributed by atoms with E-state index >= 15 is 0 Å². The normalized spacial score (nSPS) is 11.7. The van der Waals surface area contributed by atoms with Gasteiger partial charge >= 0.3 is 17.9 Å². The second-order valence-electron chi connectivity index (χ2n) is 18.2. The Kier molecular flexibility index (Phi) is 43.2. The van der Waals surface area contributed by atoms with Crippen LogP contribution in [0.3, 0.4) is 0 Å². The molecule has 0 heterocycles. The molecule has 0 aromatic heterocycles. The predicted molar refractivity (Wildman–Crippen MR) is 251 cm³/mol. The fraction of sp³-hybridized carbons (Fsp3) is 0.942. The summed E-state index contributed by atoms with van der Waals surface area (Å²) in [6.45, 7) is 14.7. The van der Waals surface area contributed by atoms with E-state index in [1.54, 1.807) is 0 Å². The molecule has 0 aliphatic carbocycles. The first-order valence-corrected chi connectivity index (χ1v) is 26.0. The van der Waals surface area contributed by atoms with Gasteiger partial charge in [-0.3, -0.25) is 14.4 Å². The maximum Gasteiger partial charge on any atom is 0.308 e. The molecule has 350 valence electrons. The van der Waals surface area contributed by atoms with E-state index in [2.05, 4.69) is 46.6 Å². The van der Waals surface area contributed by atoms with Crippen molar-refractivity contribution in [2.24, 2.45) is 17.8 Å². The van der Waals surface area contributed by atoms with Crippen LogP contribution in [0.25, 0.3) is 0 Å². The minimum absolute atomic E-state index is 0.00463. The monoisotopic (exact) mass is 836 g/mol. The van der Waals surface area contributed by atoms with Gasteiger partial charge in [-0.2, -0.15) is 0 Å². The van der Waals surface area contributed by atoms with Gasteiger partial charge in [0.2, 0.25) is 0 Å². The third kappa shape index (κ3) is 39.0. The fourth-order valence-corrected chi connectivity index (χ4v) is 8.31. The Labute approximate surface area is 367 Å². The molecule has 0 radical (unpaired) electrons. The Morgan fingerprint density at radius 2 is 0.712 bits per heavy atom. The molecule has 0 saturated carbocycles. The van der Waals surface area contributed by atoms with Crippen molar-refractivity contribution in [3.05, 3.63) is 0 Å². The lowest BCUT2D eigenvalue weighted by Crippen LogP contribution is -2.23. The summed E-state index contributed by atoms with van der Waals surface area (Å²) in [6, 6.07) is 0. The van der Waals surface area contributed by atoms with Crippen molar-refractivity contribution >= 4 is 17.9 Å². The van der Waals surface area contributed by atoms with Crippen LogP contribution in [0.15, 0.2) is 0 Å². The quantitative estimate of drug-likeness (QED) is 0.0343. The molecule has 0 aromatic carbocycles. The van der Waals surface area contributed by atoms with E-state index in [1.165, 1.54) is 116 Å². The molecule has 0 unspecified atom stereocenters.